The summed E-state index contributed by atoms with van der Waals surface area (Å²) in [6.45, 7) is 3.69. The highest BCUT2D eigenvalue weighted by Crippen LogP contribution is 2.33. The summed E-state index contributed by atoms with van der Waals surface area (Å²) in [6.07, 6.45) is 5.31. The van der Waals surface area contributed by atoms with Gasteiger partial charge in [0.25, 0.3) is 0 Å². The van der Waals surface area contributed by atoms with E-state index in [2.05, 4.69) is 34.1 Å². The Hall–Kier alpha value is -1.39. The highest BCUT2D eigenvalue weighted by atomic mass is 16.5. The molecule has 3 aliphatic heterocycles. The van der Waals surface area contributed by atoms with Crippen molar-refractivity contribution in [1.29, 1.82) is 0 Å². The normalized spacial score (nSPS) is 27.3. The molecule has 1 amide bonds. The number of piperidine rings is 1. The highest BCUT2D eigenvalue weighted by Gasteiger charge is 2.39. The first-order chi connectivity index (χ1) is 11.7. The lowest BCUT2D eigenvalue weighted by Crippen LogP contribution is -2.48. The molecule has 0 unspecified atom stereocenters. The van der Waals surface area contributed by atoms with Crippen molar-refractivity contribution in [2.75, 3.05) is 33.4 Å². The number of benzene rings is 1. The molecule has 3 saturated heterocycles. The molecular weight excluding hydrogens is 300 g/mol. The van der Waals surface area contributed by atoms with Crippen LogP contribution in [0.4, 0.5) is 0 Å². The van der Waals surface area contributed by atoms with Crippen molar-refractivity contribution in [1.82, 2.24) is 9.80 Å². The fourth-order valence-electron chi connectivity index (χ4n) is 4.85. The Kier molecular flexibility index (Phi) is 4.59. The molecule has 130 valence electrons. The second-order valence-electron chi connectivity index (χ2n) is 7.67. The van der Waals surface area contributed by atoms with E-state index < -0.39 is 0 Å². The zero-order valence-corrected chi connectivity index (χ0v) is 14.6. The summed E-state index contributed by atoms with van der Waals surface area (Å²) in [7, 11) is 1.67. The molecule has 2 atom stereocenters. The molecule has 1 aromatic rings. The lowest BCUT2D eigenvalue weighted by Gasteiger charge is -2.36. The Balaban J connectivity index is 1.44. The lowest BCUT2D eigenvalue weighted by molar-refractivity contribution is -0.136. The molecule has 4 nitrogen and oxygen atoms in total. The Bertz CT molecular complexity index is 578. The molecule has 0 spiro atoms. The van der Waals surface area contributed by atoms with E-state index in [1.54, 1.807) is 7.11 Å². The van der Waals surface area contributed by atoms with Gasteiger partial charge in [-0.05, 0) is 42.7 Å². The van der Waals surface area contributed by atoms with Crippen LogP contribution in [-0.2, 0) is 22.4 Å². The maximum Gasteiger partial charge on any atom is 0.225 e. The molecule has 0 N–H and O–H groups in total. The van der Waals surface area contributed by atoms with Crippen molar-refractivity contribution >= 4 is 5.91 Å². The number of hydrogen-bond donors (Lipinski definition) is 0. The predicted octanol–water partition coefficient (Wildman–Crippen LogP) is 2.11. The van der Waals surface area contributed by atoms with Gasteiger partial charge in [0, 0.05) is 38.8 Å². The first-order valence-electron chi connectivity index (χ1n) is 9.34. The van der Waals surface area contributed by atoms with E-state index in [0.717, 1.165) is 19.6 Å². The molecule has 3 heterocycles. The molecule has 0 saturated carbocycles. The van der Waals surface area contributed by atoms with Gasteiger partial charge in [-0.1, -0.05) is 24.3 Å². The Morgan fingerprint density at radius 2 is 1.83 bits per heavy atom. The third kappa shape index (κ3) is 3.09. The minimum absolute atomic E-state index is 0.281. The number of ether oxygens (including phenoxy) is 1. The van der Waals surface area contributed by atoms with Gasteiger partial charge in [0.05, 0.1) is 13.0 Å². The third-order valence-electron chi connectivity index (χ3n) is 6.13. The molecule has 1 aromatic carbocycles. The number of nitrogens with zero attached hydrogens (tertiary/aromatic N) is 2. The SMILES string of the molecule is COCCC(=O)N1C[C@H]2CC[C@@H]1CN(C1Cc3ccccc3C1)C2. The van der Waals surface area contributed by atoms with Crippen LogP contribution in [0.15, 0.2) is 24.3 Å². The van der Waals surface area contributed by atoms with Gasteiger partial charge in [-0.15, -0.1) is 0 Å². The van der Waals surface area contributed by atoms with Crippen LogP contribution in [0.3, 0.4) is 0 Å². The van der Waals surface area contributed by atoms with Crippen molar-refractivity contribution < 1.29 is 9.53 Å². The molecule has 3 fully saturated rings. The number of methoxy groups -OCH3 is 1. The van der Waals surface area contributed by atoms with E-state index in [4.69, 9.17) is 4.74 Å². The average molecular weight is 328 g/mol. The topological polar surface area (TPSA) is 32.8 Å². The number of amides is 1. The predicted molar refractivity (Wildman–Crippen MR) is 93.9 cm³/mol. The second-order valence-corrected chi connectivity index (χ2v) is 7.67. The standard InChI is InChI=1S/C20H28N2O2/c1-24-9-8-20(23)22-13-15-6-7-18(22)14-21(12-15)19-10-16-4-2-3-5-17(16)11-19/h2-5,15,18-19H,6-14H2,1H3/t15-,18+/m0/s1. The number of fused-ring (bicyclic) bond motifs is 5. The van der Waals surface area contributed by atoms with Gasteiger partial charge in [-0.3, -0.25) is 9.69 Å². The minimum atomic E-state index is 0.281. The molecule has 1 aliphatic carbocycles. The maximum absolute atomic E-state index is 12.5. The lowest BCUT2D eigenvalue weighted by atomic mass is 9.94. The minimum Gasteiger partial charge on any atom is -0.384 e. The summed E-state index contributed by atoms with van der Waals surface area (Å²) in [5, 5.41) is 0. The zero-order chi connectivity index (χ0) is 16.5. The van der Waals surface area contributed by atoms with Gasteiger partial charge in [-0.25, -0.2) is 0 Å². The number of carbonyl (C=O) groups excluding carboxylic acids is 1. The monoisotopic (exact) mass is 328 g/mol. The maximum atomic E-state index is 12.5. The largest absolute Gasteiger partial charge is 0.384 e. The first kappa shape index (κ1) is 16.1. The van der Waals surface area contributed by atoms with Crippen LogP contribution in [0.5, 0.6) is 0 Å². The number of rotatable bonds is 4. The molecule has 24 heavy (non-hydrogen) atoms. The first-order valence-corrected chi connectivity index (χ1v) is 9.34. The summed E-state index contributed by atoms with van der Waals surface area (Å²) >= 11 is 0. The summed E-state index contributed by atoms with van der Waals surface area (Å²) < 4.78 is 5.09. The summed E-state index contributed by atoms with van der Waals surface area (Å²) in [6, 6.07) is 9.90. The van der Waals surface area contributed by atoms with Crippen molar-refractivity contribution in [3.05, 3.63) is 35.4 Å². The van der Waals surface area contributed by atoms with Gasteiger partial charge in [0.1, 0.15) is 0 Å². The van der Waals surface area contributed by atoms with Crippen molar-refractivity contribution in [2.24, 2.45) is 5.92 Å². The van der Waals surface area contributed by atoms with Crippen LogP contribution in [0.2, 0.25) is 0 Å². The fraction of sp³-hybridized carbons (Fsp3) is 0.650. The molecule has 4 heteroatoms. The Morgan fingerprint density at radius 1 is 1.08 bits per heavy atom. The van der Waals surface area contributed by atoms with E-state index in [0.29, 0.717) is 31.0 Å². The van der Waals surface area contributed by atoms with Crippen LogP contribution >= 0.6 is 0 Å². The van der Waals surface area contributed by atoms with Crippen LogP contribution < -0.4 is 0 Å². The van der Waals surface area contributed by atoms with Crippen molar-refractivity contribution in [2.45, 2.75) is 44.2 Å². The van der Waals surface area contributed by atoms with Crippen LogP contribution in [0.1, 0.15) is 30.4 Å². The average Bonchev–Trinajstić information content (AvgIpc) is 2.82. The van der Waals surface area contributed by atoms with Crippen molar-refractivity contribution in [3.8, 4) is 0 Å². The Labute approximate surface area is 144 Å². The second kappa shape index (κ2) is 6.85. The Morgan fingerprint density at radius 3 is 2.54 bits per heavy atom. The van der Waals surface area contributed by atoms with E-state index in [9.17, 15) is 4.79 Å². The van der Waals surface area contributed by atoms with Gasteiger partial charge >= 0.3 is 0 Å². The number of carbonyl (C=O) groups is 1. The molecule has 5 rings (SSSR count). The van der Waals surface area contributed by atoms with Crippen molar-refractivity contribution in [3.63, 3.8) is 0 Å². The molecular formula is C20H28N2O2. The van der Waals surface area contributed by atoms with E-state index >= 15 is 0 Å². The van der Waals surface area contributed by atoms with E-state index in [1.807, 2.05) is 0 Å². The zero-order valence-electron chi connectivity index (χ0n) is 14.6. The highest BCUT2D eigenvalue weighted by molar-refractivity contribution is 5.76. The molecule has 0 radical (unpaired) electrons. The van der Waals surface area contributed by atoms with Crippen LogP contribution in [0, 0.1) is 5.92 Å². The van der Waals surface area contributed by atoms with E-state index in [-0.39, 0.29) is 5.91 Å². The summed E-state index contributed by atoms with van der Waals surface area (Å²) in [5.74, 6) is 0.919. The van der Waals surface area contributed by atoms with Gasteiger partial charge in [0.15, 0.2) is 0 Å². The van der Waals surface area contributed by atoms with Crippen LogP contribution in [-0.4, -0.2) is 61.1 Å². The summed E-state index contributed by atoms with van der Waals surface area (Å²) in [4.78, 5) is 17.4. The molecule has 4 aliphatic rings. The van der Waals surface area contributed by atoms with Gasteiger partial charge in [0.2, 0.25) is 5.91 Å². The van der Waals surface area contributed by atoms with Crippen LogP contribution in [0.25, 0.3) is 0 Å². The van der Waals surface area contributed by atoms with Gasteiger partial charge in [-0.2, -0.15) is 0 Å². The smallest absolute Gasteiger partial charge is 0.225 e. The third-order valence-corrected chi connectivity index (χ3v) is 6.13. The molecule has 0 aromatic heterocycles. The molecule has 2 bridgehead atoms. The van der Waals surface area contributed by atoms with Gasteiger partial charge < -0.3 is 9.64 Å². The quantitative estimate of drug-likeness (QED) is 0.849. The fourth-order valence-corrected chi connectivity index (χ4v) is 4.85. The van der Waals surface area contributed by atoms with E-state index in [1.165, 1.54) is 36.8 Å². The number of hydrogen-bond acceptors (Lipinski definition) is 3. The summed E-state index contributed by atoms with van der Waals surface area (Å²) in [5.41, 5.74) is 3.04.